The average molecular weight is 140 g/mol. The number of tetrazole rings is 1. The standard InChI is InChI=1S/C5H10N5/c1-5(9(2)3)10-4-6-7-8-10/h5H,1-3H3. The Morgan fingerprint density at radius 2 is 2.20 bits per heavy atom. The number of hydrogen-bond donors (Lipinski definition) is 0. The smallest absolute Gasteiger partial charge is 0.223 e. The molecule has 1 aromatic rings. The van der Waals surface area contributed by atoms with Crippen LogP contribution in [0.3, 0.4) is 0 Å². The molecular weight excluding hydrogens is 130 g/mol. The molecule has 0 N–H and O–H groups in total. The summed E-state index contributed by atoms with van der Waals surface area (Å²) in [5, 5.41) is 10.6. The summed E-state index contributed by atoms with van der Waals surface area (Å²) in [6.07, 6.45) is 2.78. The quantitative estimate of drug-likeness (QED) is 0.558. The molecule has 0 aliphatic heterocycles. The third-order valence-corrected chi connectivity index (χ3v) is 1.43. The van der Waals surface area contributed by atoms with E-state index in [4.69, 9.17) is 0 Å². The second-order valence-corrected chi connectivity index (χ2v) is 2.32. The van der Waals surface area contributed by atoms with Crippen molar-refractivity contribution in [3.05, 3.63) is 6.33 Å². The third-order valence-electron chi connectivity index (χ3n) is 1.43. The molecule has 1 rings (SSSR count). The van der Waals surface area contributed by atoms with E-state index in [0.29, 0.717) is 0 Å². The Kier molecular flexibility index (Phi) is 1.96. The van der Waals surface area contributed by atoms with Crippen molar-refractivity contribution in [1.29, 1.82) is 0 Å². The van der Waals surface area contributed by atoms with Crippen molar-refractivity contribution in [1.82, 2.24) is 25.1 Å². The monoisotopic (exact) mass is 140 g/mol. The first-order valence-electron chi connectivity index (χ1n) is 3.04. The van der Waals surface area contributed by atoms with Gasteiger partial charge in [-0.05, 0) is 31.4 Å². The zero-order chi connectivity index (χ0) is 7.56. The van der Waals surface area contributed by atoms with Crippen LogP contribution in [0.15, 0.2) is 0 Å². The van der Waals surface area contributed by atoms with Gasteiger partial charge in [0.25, 0.3) is 0 Å². The van der Waals surface area contributed by atoms with E-state index in [9.17, 15) is 0 Å². The van der Waals surface area contributed by atoms with Gasteiger partial charge in [-0.1, -0.05) is 0 Å². The first-order valence-corrected chi connectivity index (χ1v) is 3.04. The summed E-state index contributed by atoms with van der Waals surface area (Å²) in [5.74, 6) is 0. The van der Waals surface area contributed by atoms with E-state index in [1.807, 2.05) is 25.9 Å². The van der Waals surface area contributed by atoms with Crippen LogP contribution in [0.4, 0.5) is 0 Å². The molecule has 1 aromatic heterocycles. The Bertz CT molecular complexity index is 180. The molecule has 0 spiro atoms. The highest BCUT2D eigenvalue weighted by molar-refractivity contribution is 4.54. The van der Waals surface area contributed by atoms with Gasteiger partial charge >= 0.3 is 0 Å². The minimum Gasteiger partial charge on any atom is -0.288 e. The lowest BCUT2D eigenvalue weighted by Gasteiger charge is -2.17. The molecule has 1 heterocycles. The number of nitrogens with zero attached hydrogens (tertiary/aromatic N) is 5. The number of aromatic nitrogens is 4. The summed E-state index contributed by atoms with van der Waals surface area (Å²) >= 11 is 0. The SMILES string of the molecule is CC(N(C)C)n1[c]nnn1. The van der Waals surface area contributed by atoms with Gasteiger partial charge in [0.1, 0.15) is 6.17 Å². The maximum absolute atomic E-state index is 3.70. The predicted molar refractivity (Wildman–Crippen MR) is 35.1 cm³/mol. The molecule has 1 atom stereocenters. The van der Waals surface area contributed by atoms with Gasteiger partial charge in [0, 0.05) is 0 Å². The van der Waals surface area contributed by atoms with Crippen LogP contribution in [0, 0.1) is 6.33 Å². The summed E-state index contributed by atoms with van der Waals surface area (Å²) in [4.78, 5) is 1.99. The third kappa shape index (κ3) is 1.30. The Hall–Kier alpha value is -0.970. The van der Waals surface area contributed by atoms with Crippen molar-refractivity contribution < 1.29 is 0 Å². The highest BCUT2D eigenvalue weighted by atomic mass is 15.6. The Morgan fingerprint density at radius 1 is 1.50 bits per heavy atom. The largest absolute Gasteiger partial charge is 0.288 e. The van der Waals surface area contributed by atoms with Crippen molar-refractivity contribution in [3.63, 3.8) is 0 Å². The average Bonchev–Trinajstić information content (AvgIpc) is 2.36. The molecular formula is C5H10N5. The maximum Gasteiger partial charge on any atom is 0.223 e. The van der Waals surface area contributed by atoms with Crippen LogP contribution in [0.2, 0.25) is 0 Å². The summed E-state index contributed by atoms with van der Waals surface area (Å²) in [6.45, 7) is 1.99. The minimum absolute atomic E-state index is 0.162. The van der Waals surface area contributed by atoms with Crippen molar-refractivity contribution in [2.75, 3.05) is 14.1 Å². The van der Waals surface area contributed by atoms with Crippen LogP contribution < -0.4 is 0 Å². The number of hydrogen-bond acceptors (Lipinski definition) is 4. The van der Waals surface area contributed by atoms with Crippen molar-refractivity contribution in [2.24, 2.45) is 0 Å². The predicted octanol–water partition coefficient (Wildman–Crippen LogP) is -0.447. The van der Waals surface area contributed by atoms with E-state index < -0.39 is 0 Å². The van der Waals surface area contributed by atoms with Gasteiger partial charge < -0.3 is 0 Å². The lowest BCUT2D eigenvalue weighted by molar-refractivity contribution is 0.216. The topological polar surface area (TPSA) is 46.8 Å². The van der Waals surface area contributed by atoms with Gasteiger partial charge in [0.2, 0.25) is 6.33 Å². The lowest BCUT2D eigenvalue weighted by Crippen LogP contribution is -2.23. The lowest BCUT2D eigenvalue weighted by atomic mass is 10.5. The molecule has 55 valence electrons. The van der Waals surface area contributed by atoms with E-state index in [-0.39, 0.29) is 6.17 Å². The van der Waals surface area contributed by atoms with Gasteiger partial charge in [-0.3, -0.25) is 4.90 Å². The van der Waals surface area contributed by atoms with E-state index in [1.54, 1.807) is 4.68 Å². The van der Waals surface area contributed by atoms with Crippen LogP contribution in [0.5, 0.6) is 0 Å². The van der Waals surface area contributed by atoms with Gasteiger partial charge in [-0.15, -0.1) is 5.10 Å². The zero-order valence-corrected chi connectivity index (χ0v) is 6.31. The fourth-order valence-corrected chi connectivity index (χ4v) is 0.526. The first kappa shape index (κ1) is 7.14. The Morgan fingerprint density at radius 3 is 2.60 bits per heavy atom. The number of rotatable bonds is 2. The zero-order valence-electron chi connectivity index (χ0n) is 6.31. The molecule has 5 nitrogen and oxygen atoms in total. The van der Waals surface area contributed by atoms with E-state index in [1.165, 1.54) is 0 Å². The Labute approximate surface area is 59.6 Å². The van der Waals surface area contributed by atoms with Crippen molar-refractivity contribution >= 4 is 0 Å². The van der Waals surface area contributed by atoms with Gasteiger partial charge in [0.15, 0.2) is 0 Å². The van der Waals surface area contributed by atoms with Crippen LogP contribution in [0.1, 0.15) is 13.1 Å². The van der Waals surface area contributed by atoms with Crippen LogP contribution in [-0.4, -0.2) is 39.2 Å². The van der Waals surface area contributed by atoms with E-state index >= 15 is 0 Å². The van der Waals surface area contributed by atoms with E-state index in [2.05, 4.69) is 21.9 Å². The summed E-state index contributed by atoms with van der Waals surface area (Å²) in [5.41, 5.74) is 0. The van der Waals surface area contributed by atoms with Gasteiger partial charge in [-0.2, -0.15) is 0 Å². The summed E-state index contributed by atoms with van der Waals surface area (Å²) in [6, 6.07) is 0. The highest BCUT2D eigenvalue weighted by Crippen LogP contribution is 2.01. The van der Waals surface area contributed by atoms with Gasteiger partial charge in [-0.25, -0.2) is 4.68 Å². The second kappa shape index (κ2) is 2.74. The molecule has 0 aromatic carbocycles. The summed E-state index contributed by atoms with van der Waals surface area (Å²) in [7, 11) is 3.92. The van der Waals surface area contributed by atoms with E-state index in [0.717, 1.165) is 0 Å². The normalized spacial score (nSPS) is 14.0. The molecule has 0 aliphatic carbocycles. The molecule has 1 unspecified atom stereocenters. The molecule has 0 fully saturated rings. The minimum atomic E-state index is 0.162. The van der Waals surface area contributed by atoms with Crippen LogP contribution in [0.25, 0.3) is 0 Å². The highest BCUT2D eigenvalue weighted by Gasteiger charge is 2.06. The molecule has 0 aliphatic rings. The van der Waals surface area contributed by atoms with Crippen LogP contribution >= 0.6 is 0 Å². The molecule has 0 amide bonds. The molecule has 0 saturated heterocycles. The molecule has 0 saturated carbocycles. The van der Waals surface area contributed by atoms with Crippen molar-refractivity contribution in [2.45, 2.75) is 13.1 Å². The first-order chi connectivity index (χ1) is 4.72. The molecule has 1 radical (unpaired) electrons. The summed E-state index contributed by atoms with van der Waals surface area (Å²) < 4.78 is 1.57. The molecule has 10 heavy (non-hydrogen) atoms. The van der Waals surface area contributed by atoms with Gasteiger partial charge in [0.05, 0.1) is 0 Å². The molecule has 5 heteroatoms. The Balaban J connectivity index is 2.68. The second-order valence-electron chi connectivity index (χ2n) is 2.32. The maximum atomic E-state index is 3.70. The van der Waals surface area contributed by atoms with Crippen molar-refractivity contribution in [3.8, 4) is 0 Å². The fraction of sp³-hybridized carbons (Fsp3) is 0.800. The fourth-order valence-electron chi connectivity index (χ4n) is 0.526. The molecule has 0 bridgehead atoms. The van der Waals surface area contributed by atoms with Crippen LogP contribution in [-0.2, 0) is 0 Å².